The highest BCUT2D eigenvalue weighted by Crippen LogP contribution is 2.52. The van der Waals surface area contributed by atoms with Crippen LogP contribution in [0.2, 0.25) is 0 Å². The van der Waals surface area contributed by atoms with E-state index < -0.39 is 0 Å². The number of allylic oxidation sites excluding steroid dienone is 1. The average Bonchev–Trinajstić information content (AvgIpc) is 2.27. The summed E-state index contributed by atoms with van der Waals surface area (Å²) in [5, 5.41) is 0. The first-order valence-corrected chi connectivity index (χ1v) is 5.06. The van der Waals surface area contributed by atoms with Crippen molar-refractivity contribution in [1.82, 2.24) is 4.90 Å². The zero-order valence-corrected chi connectivity index (χ0v) is 8.47. The molecule has 0 amide bonds. The molecule has 0 N–H and O–H groups in total. The number of hydrogen-bond donors (Lipinski definition) is 0. The zero-order chi connectivity index (χ0) is 9.47. The van der Waals surface area contributed by atoms with Gasteiger partial charge in [0.2, 0.25) is 0 Å². The molecule has 2 fully saturated rings. The quantitative estimate of drug-likeness (QED) is 0.573. The summed E-state index contributed by atoms with van der Waals surface area (Å²) in [5.41, 5.74) is 1.15. The fourth-order valence-electron chi connectivity index (χ4n) is 2.46. The Balaban J connectivity index is 2.15. The minimum absolute atomic E-state index is 0.0991. The van der Waals surface area contributed by atoms with Gasteiger partial charge in [0.1, 0.15) is 0 Å². The van der Waals surface area contributed by atoms with Crippen LogP contribution in [0.5, 0.6) is 0 Å². The summed E-state index contributed by atoms with van der Waals surface area (Å²) < 4.78 is 0. The number of ketones is 1. The van der Waals surface area contributed by atoms with Crippen molar-refractivity contribution in [1.29, 1.82) is 0 Å². The number of Topliss-reactive ketones (excluding diaryl/α,β-unsaturated/α-hetero) is 1. The third kappa shape index (κ3) is 1.28. The smallest absolute Gasteiger partial charge is 0.166 e. The molecule has 0 heterocycles. The van der Waals surface area contributed by atoms with Gasteiger partial charge >= 0.3 is 0 Å². The first-order chi connectivity index (χ1) is 6.14. The lowest BCUT2D eigenvalue weighted by Gasteiger charge is -2.35. The maximum Gasteiger partial charge on any atom is 0.166 e. The molecule has 0 atom stereocenters. The second-order valence-electron chi connectivity index (χ2n) is 4.58. The van der Waals surface area contributed by atoms with Crippen LogP contribution in [0.4, 0.5) is 0 Å². The molecule has 0 aliphatic heterocycles. The SMILES string of the molecule is CN(C)C=C1CCC2(CCC2)C1=O. The molecule has 72 valence electrons. The van der Waals surface area contributed by atoms with Gasteiger partial charge in [0, 0.05) is 31.3 Å². The minimum Gasteiger partial charge on any atom is -0.383 e. The maximum atomic E-state index is 12.0. The van der Waals surface area contributed by atoms with Gasteiger partial charge in [0.05, 0.1) is 0 Å². The molecule has 0 aromatic rings. The molecular formula is C11H17NO. The molecule has 2 aliphatic rings. The molecule has 2 nitrogen and oxygen atoms in total. The summed E-state index contributed by atoms with van der Waals surface area (Å²) in [4.78, 5) is 13.9. The van der Waals surface area contributed by atoms with Crippen LogP contribution in [0.15, 0.2) is 11.8 Å². The Morgan fingerprint density at radius 3 is 2.38 bits per heavy atom. The van der Waals surface area contributed by atoms with E-state index in [0.29, 0.717) is 5.78 Å². The van der Waals surface area contributed by atoms with E-state index in [1.165, 1.54) is 6.42 Å². The number of carbonyl (C=O) groups is 1. The number of carbonyl (C=O) groups excluding carboxylic acids is 1. The fraction of sp³-hybridized carbons (Fsp3) is 0.727. The van der Waals surface area contributed by atoms with Crippen molar-refractivity contribution in [3.63, 3.8) is 0 Å². The number of nitrogens with zero attached hydrogens (tertiary/aromatic N) is 1. The Hall–Kier alpha value is -0.790. The van der Waals surface area contributed by atoms with Crippen LogP contribution in [-0.4, -0.2) is 24.8 Å². The lowest BCUT2D eigenvalue weighted by atomic mass is 9.67. The molecule has 2 aliphatic carbocycles. The Bertz CT molecular complexity index is 261. The van der Waals surface area contributed by atoms with Gasteiger partial charge in [-0.3, -0.25) is 4.79 Å². The summed E-state index contributed by atoms with van der Waals surface area (Å²) in [6, 6.07) is 0. The highest BCUT2D eigenvalue weighted by atomic mass is 16.1. The molecule has 0 radical (unpaired) electrons. The monoisotopic (exact) mass is 179 g/mol. The molecule has 0 aromatic carbocycles. The van der Waals surface area contributed by atoms with Gasteiger partial charge < -0.3 is 4.90 Å². The van der Waals surface area contributed by atoms with E-state index in [0.717, 1.165) is 31.3 Å². The Kier molecular flexibility index (Phi) is 1.94. The summed E-state index contributed by atoms with van der Waals surface area (Å²) in [6.07, 6.45) is 7.62. The van der Waals surface area contributed by atoms with Crippen LogP contribution in [0.1, 0.15) is 32.1 Å². The average molecular weight is 179 g/mol. The van der Waals surface area contributed by atoms with Crippen molar-refractivity contribution in [2.45, 2.75) is 32.1 Å². The molecule has 13 heavy (non-hydrogen) atoms. The number of rotatable bonds is 1. The van der Waals surface area contributed by atoms with Crippen molar-refractivity contribution in [3.8, 4) is 0 Å². The van der Waals surface area contributed by atoms with Crippen molar-refractivity contribution >= 4 is 5.78 Å². The van der Waals surface area contributed by atoms with Crippen LogP contribution < -0.4 is 0 Å². The molecule has 1 spiro atoms. The van der Waals surface area contributed by atoms with Gasteiger partial charge in [-0.1, -0.05) is 6.42 Å². The summed E-state index contributed by atoms with van der Waals surface area (Å²) in [6.45, 7) is 0. The lowest BCUT2D eigenvalue weighted by Crippen LogP contribution is -2.33. The topological polar surface area (TPSA) is 20.3 Å². The molecule has 0 unspecified atom stereocenters. The summed E-state index contributed by atoms with van der Waals surface area (Å²) >= 11 is 0. The minimum atomic E-state index is 0.0991. The second kappa shape index (κ2) is 2.86. The lowest BCUT2D eigenvalue weighted by molar-refractivity contribution is -0.127. The van der Waals surface area contributed by atoms with E-state index >= 15 is 0 Å². The van der Waals surface area contributed by atoms with Crippen LogP contribution in [-0.2, 0) is 4.79 Å². The first kappa shape index (κ1) is 8.79. The van der Waals surface area contributed by atoms with E-state index in [2.05, 4.69) is 0 Å². The Morgan fingerprint density at radius 1 is 1.31 bits per heavy atom. The van der Waals surface area contributed by atoms with E-state index in [1.807, 2.05) is 25.2 Å². The Labute approximate surface area is 79.6 Å². The van der Waals surface area contributed by atoms with E-state index in [-0.39, 0.29) is 5.41 Å². The largest absolute Gasteiger partial charge is 0.383 e. The van der Waals surface area contributed by atoms with Crippen LogP contribution in [0, 0.1) is 5.41 Å². The predicted octanol–water partition coefficient (Wildman–Crippen LogP) is 1.97. The third-order valence-corrected chi connectivity index (χ3v) is 3.37. The molecule has 2 rings (SSSR count). The van der Waals surface area contributed by atoms with E-state index in [1.54, 1.807) is 0 Å². The predicted molar refractivity (Wildman–Crippen MR) is 52.3 cm³/mol. The van der Waals surface area contributed by atoms with Crippen LogP contribution in [0.3, 0.4) is 0 Å². The van der Waals surface area contributed by atoms with Crippen LogP contribution in [0.25, 0.3) is 0 Å². The second-order valence-corrected chi connectivity index (χ2v) is 4.58. The van der Waals surface area contributed by atoms with Crippen LogP contribution >= 0.6 is 0 Å². The first-order valence-electron chi connectivity index (χ1n) is 5.06. The molecule has 0 bridgehead atoms. The van der Waals surface area contributed by atoms with Crippen molar-refractivity contribution in [2.75, 3.05) is 14.1 Å². The molecule has 0 saturated heterocycles. The number of hydrogen-bond acceptors (Lipinski definition) is 2. The van der Waals surface area contributed by atoms with Gasteiger partial charge in [-0.05, 0) is 25.7 Å². The molecule has 0 aromatic heterocycles. The van der Waals surface area contributed by atoms with E-state index in [4.69, 9.17) is 0 Å². The van der Waals surface area contributed by atoms with Crippen molar-refractivity contribution in [2.24, 2.45) is 5.41 Å². The van der Waals surface area contributed by atoms with Crippen molar-refractivity contribution < 1.29 is 4.79 Å². The maximum absolute atomic E-state index is 12.0. The normalized spacial score (nSPS) is 28.2. The highest BCUT2D eigenvalue weighted by molar-refractivity contribution is 6.02. The molecular weight excluding hydrogens is 162 g/mol. The van der Waals surface area contributed by atoms with E-state index in [9.17, 15) is 4.79 Å². The molecule has 2 saturated carbocycles. The van der Waals surface area contributed by atoms with Gasteiger partial charge in [-0.2, -0.15) is 0 Å². The van der Waals surface area contributed by atoms with Gasteiger partial charge in [-0.25, -0.2) is 0 Å². The summed E-state index contributed by atoms with van der Waals surface area (Å²) in [5.74, 6) is 0.437. The Morgan fingerprint density at radius 2 is 2.00 bits per heavy atom. The highest BCUT2D eigenvalue weighted by Gasteiger charge is 2.48. The van der Waals surface area contributed by atoms with Gasteiger partial charge in [-0.15, -0.1) is 0 Å². The van der Waals surface area contributed by atoms with Crippen molar-refractivity contribution in [3.05, 3.63) is 11.8 Å². The third-order valence-electron chi connectivity index (χ3n) is 3.37. The molecule has 2 heteroatoms. The fourth-order valence-corrected chi connectivity index (χ4v) is 2.46. The van der Waals surface area contributed by atoms with Gasteiger partial charge in [0.15, 0.2) is 5.78 Å². The summed E-state index contributed by atoms with van der Waals surface area (Å²) in [7, 11) is 3.96. The standard InChI is InChI=1S/C11H17NO/c1-12(2)8-9-4-7-11(10(9)13)5-3-6-11/h8H,3-7H2,1-2H3. The zero-order valence-electron chi connectivity index (χ0n) is 8.47. The van der Waals surface area contributed by atoms with Gasteiger partial charge in [0.25, 0.3) is 0 Å².